The standard InChI is InChI=1S/C20H23BrN2O2/c1-12(2)18(23-19(24)15-7-5-13(3)6-8-15)20(25)22-17-10-9-16(21)11-14(17)4/h5-12,18H,1-4H3,(H,22,25)(H,23,24). The number of anilines is 1. The molecule has 0 bridgehead atoms. The van der Waals surface area contributed by atoms with Crippen LogP contribution >= 0.6 is 15.9 Å². The van der Waals surface area contributed by atoms with Gasteiger partial charge in [-0.2, -0.15) is 0 Å². The maximum atomic E-state index is 12.7. The van der Waals surface area contributed by atoms with Crippen LogP contribution in [0.4, 0.5) is 5.69 Å². The lowest BCUT2D eigenvalue weighted by atomic mass is 10.0. The van der Waals surface area contributed by atoms with Crippen molar-refractivity contribution in [1.82, 2.24) is 5.32 Å². The van der Waals surface area contributed by atoms with Crippen molar-refractivity contribution in [2.45, 2.75) is 33.7 Å². The van der Waals surface area contributed by atoms with Gasteiger partial charge in [-0.25, -0.2) is 0 Å². The van der Waals surface area contributed by atoms with Gasteiger partial charge in [0, 0.05) is 15.7 Å². The zero-order valence-electron chi connectivity index (χ0n) is 14.9. The predicted molar refractivity (Wildman–Crippen MR) is 105 cm³/mol. The summed E-state index contributed by atoms with van der Waals surface area (Å²) in [6.45, 7) is 7.71. The van der Waals surface area contributed by atoms with E-state index in [1.54, 1.807) is 12.1 Å². The molecule has 4 nitrogen and oxygen atoms in total. The normalized spacial score (nSPS) is 11.9. The van der Waals surface area contributed by atoms with Crippen LogP contribution in [0.15, 0.2) is 46.9 Å². The van der Waals surface area contributed by atoms with E-state index in [1.807, 2.05) is 58.0 Å². The zero-order valence-corrected chi connectivity index (χ0v) is 16.5. The summed E-state index contributed by atoms with van der Waals surface area (Å²) in [6, 6.07) is 12.3. The van der Waals surface area contributed by atoms with Crippen LogP contribution in [0.1, 0.15) is 35.3 Å². The van der Waals surface area contributed by atoms with Gasteiger partial charge in [0.15, 0.2) is 0 Å². The van der Waals surface area contributed by atoms with Gasteiger partial charge >= 0.3 is 0 Å². The van der Waals surface area contributed by atoms with E-state index in [0.717, 1.165) is 21.3 Å². The monoisotopic (exact) mass is 402 g/mol. The molecule has 2 aromatic rings. The van der Waals surface area contributed by atoms with Gasteiger partial charge in [-0.05, 0) is 55.7 Å². The first-order valence-corrected chi connectivity index (χ1v) is 9.02. The van der Waals surface area contributed by atoms with Crippen LogP contribution in [0.3, 0.4) is 0 Å². The third-order valence-corrected chi connectivity index (χ3v) is 4.49. The lowest BCUT2D eigenvalue weighted by molar-refractivity contribution is -0.118. The van der Waals surface area contributed by atoms with Gasteiger partial charge < -0.3 is 10.6 Å². The maximum Gasteiger partial charge on any atom is 0.251 e. The fourth-order valence-electron chi connectivity index (χ4n) is 2.44. The molecule has 0 radical (unpaired) electrons. The average Bonchev–Trinajstić information content (AvgIpc) is 2.55. The Morgan fingerprint density at radius 1 is 1.00 bits per heavy atom. The van der Waals surface area contributed by atoms with E-state index < -0.39 is 6.04 Å². The van der Waals surface area contributed by atoms with Crippen LogP contribution in [0.25, 0.3) is 0 Å². The summed E-state index contributed by atoms with van der Waals surface area (Å²) in [6.07, 6.45) is 0. The minimum atomic E-state index is -0.614. The second-order valence-corrected chi connectivity index (χ2v) is 7.43. The highest BCUT2D eigenvalue weighted by atomic mass is 79.9. The molecule has 0 aliphatic carbocycles. The van der Waals surface area contributed by atoms with E-state index in [2.05, 4.69) is 26.6 Å². The molecule has 2 N–H and O–H groups in total. The molecule has 2 rings (SSSR count). The van der Waals surface area contributed by atoms with Gasteiger partial charge in [0.1, 0.15) is 6.04 Å². The molecule has 132 valence electrons. The second-order valence-electron chi connectivity index (χ2n) is 6.51. The van der Waals surface area contributed by atoms with Crippen LogP contribution in [0.2, 0.25) is 0 Å². The van der Waals surface area contributed by atoms with E-state index in [0.29, 0.717) is 5.56 Å². The average molecular weight is 403 g/mol. The molecule has 0 saturated heterocycles. The molecular weight excluding hydrogens is 380 g/mol. The summed E-state index contributed by atoms with van der Waals surface area (Å²) < 4.78 is 0.955. The van der Waals surface area contributed by atoms with Gasteiger partial charge in [-0.3, -0.25) is 9.59 Å². The number of carbonyl (C=O) groups is 2. The SMILES string of the molecule is Cc1ccc(C(=O)NC(C(=O)Nc2ccc(Br)cc2C)C(C)C)cc1. The Morgan fingerprint density at radius 2 is 1.64 bits per heavy atom. The number of hydrogen-bond donors (Lipinski definition) is 2. The number of amides is 2. The number of aryl methyl sites for hydroxylation is 2. The molecular formula is C20H23BrN2O2. The van der Waals surface area contributed by atoms with E-state index in [1.165, 1.54) is 0 Å². The van der Waals surface area contributed by atoms with Gasteiger partial charge in [-0.1, -0.05) is 47.5 Å². The Kier molecular flexibility index (Phi) is 6.37. The van der Waals surface area contributed by atoms with Crippen molar-refractivity contribution in [2.75, 3.05) is 5.32 Å². The molecule has 2 aromatic carbocycles. The first-order valence-electron chi connectivity index (χ1n) is 8.22. The Bertz CT molecular complexity index is 770. The Labute approximate surface area is 157 Å². The molecule has 0 fully saturated rings. The molecule has 0 heterocycles. The highest BCUT2D eigenvalue weighted by Crippen LogP contribution is 2.20. The lowest BCUT2D eigenvalue weighted by Gasteiger charge is -2.22. The quantitative estimate of drug-likeness (QED) is 0.775. The van der Waals surface area contributed by atoms with E-state index in [9.17, 15) is 9.59 Å². The topological polar surface area (TPSA) is 58.2 Å². The van der Waals surface area contributed by atoms with Crippen LogP contribution < -0.4 is 10.6 Å². The Balaban J connectivity index is 2.12. The Hall–Kier alpha value is -2.14. The van der Waals surface area contributed by atoms with Crippen molar-refractivity contribution in [3.8, 4) is 0 Å². The summed E-state index contributed by atoms with van der Waals surface area (Å²) in [5.41, 5.74) is 3.32. The van der Waals surface area contributed by atoms with Crippen LogP contribution in [0.5, 0.6) is 0 Å². The molecule has 1 atom stereocenters. The summed E-state index contributed by atoms with van der Waals surface area (Å²) >= 11 is 3.41. The molecule has 0 aromatic heterocycles. The zero-order chi connectivity index (χ0) is 18.6. The largest absolute Gasteiger partial charge is 0.340 e. The smallest absolute Gasteiger partial charge is 0.251 e. The summed E-state index contributed by atoms with van der Waals surface area (Å²) in [7, 11) is 0. The Morgan fingerprint density at radius 3 is 2.20 bits per heavy atom. The van der Waals surface area contributed by atoms with Crippen molar-refractivity contribution < 1.29 is 9.59 Å². The predicted octanol–water partition coefficient (Wildman–Crippen LogP) is 4.46. The molecule has 0 saturated carbocycles. The maximum absolute atomic E-state index is 12.7. The van der Waals surface area contributed by atoms with Crippen LogP contribution in [0, 0.1) is 19.8 Å². The first-order chi connectivity index (χ1) is 11.8. The molecule has 0 aliphatic rings. The number of nitrogens with one attached hydrogen (secondary N) is 2. The van der Waals surface area contributed by atoms with Crippen molar-refractivity contribution in [3.63, 3.8) is 0 Å². The third-order valence-electron chi connectivity index (χ3n) is 4.00. The van der Waals surface area contributed by atoms with E-state index >= 15 is 0 Å². The van der Waals surface area contributed by atoms with Gasteiger partial charge in [0.2, 0.25) is 5.91 Å². The summed E-state index contributed by atoms with van der Waals surface area (Å²) in [4.78, 5) is 25.1. The van der Waals surface area contributed by atoms with E-state index in [-0.39, 0.29) is 17.7 Å². The first kappa shape index (κ1) is 19.2. The second kappa shape index (κ2) is 8.30. The fraction of sp³-hybridized carbons (Fsp3) is 0.300. The van der Waals surface area contributed by atoms with Crippen molar-refractivity contribution >= 4 is 33.4 Å². The van der Waals surface area contributed by atoms with Gasteiger partial charge in [-0.15, -0.1) is 0 Å². The molecule has 5 heteroatoms. The summed E-state index contributed by atoms with van der Waals surface area (Å²) in [5.74, 6) is -0.507. The van der Waals surface area contributed by atoms with Gasteiger partial charge in [0.25, 0.3) is 5.91 Å². The molecule has 0 spiro atoms. The number of carbonyl (C=O) groups excluding carboxylic acids is 2. The van der Waals surface area contributed by atoms with E-state index in [4.69, 9.17) is 0 Å². The lowest BCUT2D eigenvalue weighted by Crippen LogP contribution is -2.47. The molecule has 0 aliphatic heterocycles. The van der Waals surface area contributed by atoms with Crippen molar-refractivity contribution in [2.24, 2.45) is 5.92 Å². The minimum Gasteiger partial charge on any atom is -0.340 e. The fourth-order valence-corrected chi connectivity index (χ4v) is 2.92. The molecule has 25 heavy (non-hydrogen) atoms. The number of rotatable bonds is 5. The van der Waals surface area contributed by atoms with Crippen molar-refractivity contribution in [1.29, 1.82) is 0 Å². The van der Waals surface area contributed by atoms with Gasteiger partial charge in [0.05, 0.1) is 0 Å². The number of halogens is 1. The molecule has 2 amide bonds. The van der Waals surface area contributed by atoms with Crippen LogP contribution in [-0.2, 0) is 4.79 Å². The highest BCUT2D eigenvalue weighted by Gasteiger charge is 2.25. The minimum absolute atomic E-state index is 0.0369. The number of hydrogen-bond acceptors (Lipinski definition) is 2. The van der Waals surface area contributed by atoms with Crippen LogP contribution in [-0.4, -0.2) is 17.9 Å². The molecule has 1 unspecified atom stereocenters. The number of benzene rings is 2. The van der Waals surface area contributed by atoms with Crippen molar-refractivity contribution in [3.05, 3.63) is 63.6 Å². The summed E-state index contributed by atoms with van der Waals surface area (Å²) in [5, 5.41) is 5.75. The highest BCUT2D eigenvalue weighted by molar-refractivity contribution is 9.10. The third kappa shape index (κ3) is 5.16.